The van der Waals surface area contributed by atoms with E-state index in [4.69, 9.17) is 16.3 Å². The molecular weight excluding hydrogens is 234 g/mol. The molecule has 1 aromatic rings. The molecule has 17 heavy (non-hydrogen) atoms. The molecule has 0 spiro atoms. The molecule has 1 saturated carbocycles. The Hall–Kier alpha value is -0.730. The second-order valence-electron chi connectivity index (χ2n) is 5.41. The number of hydrogen-bond acceptors (Lipinski definition) is 2. The lowest BCUT2D eigenvalue weighted by molar-refractivity contribution is -0.0523. The summed E-state index contributed by atoms with van der Waals surface area (Å²) < 4.78 is 6.08. The zero-order valence-electron chi connectivity index (χ0n) is 10.9. The summed E-state index contributed by atoms with van der Waals surface area (Å²) in [5.41, 5.74) is 1.31. The first-order valence-corrected chi connectivity index (χ1v) is 6.43. The van der Waals surface area contributed by atoms with Gasteiger partial charge in [-0.15, -0.1) is 0 Å². The number of nitrogens with one attached hydrogen (secondary N) is 1. The van der Waals surface area contributed by atoms with Crippen molar-refractivity contribution in [1.29, 1.82) is 0 Å². The fourth-order valence-corrected chi connectivity index (χ4v) is 2.59. The normalized spacial score (nSPS) is 26.4. The van der Waals surface area contributed by atoms with Crippen LogP contribution in [0.2, 0.25) is 5.02 Å². The van der Waals surface area contributed by atoms with Crippen molar-refractivity contribution in [3.05, 3.63) is 28.8 Å². The predicted octanol–water partition coefficient (Wildman–Crippen LogP) is 3.41. The number of halogens is 1. The summed E-state index contributed by atoms with van der Waals surface area (Å²) in [6.07, 6.45) is 1.31. The summed E-state index contributed by atoms with van der Waals surface area (Å²) in [4.78, 5) is 0. The highest BCUT2D eigenvalue weighted by Gasteiger charge is 2.49. The predicted molar refractivity (Wildman–Crippen MR) is 71.9 cm³/mol. The molecule has 0 aromatic heterocycles. The molecule has 2 rings (SSSR count). The molecule has 1 aliphatic carbocycles. The third-order valence-corrected chi connectivity index (χ3v) is 4.18. The Morgan fingerprint density at radius 1 is 1.41 bits per heavy atom. The van der Waals surface area contributed by atoms with Crippen LogP contribution in [0.25, 0.3) is 0 Å². The zero-order chi connectivity index (χ0) is 12.6. The standard InChI is InChI=1S/C14H20ClNO/c1-9-5-6-10(15)7-11(9)17-13-8-12(16-4)14(13,2)3/h5-7,12-13,16H,8H2,1-4H3. The summed E-state index contributed by atoms with van der Waals surface area (Å²) in [5, 5.41) is 4.06. The lowest BCUT2D eigenvalue weighted by atomic mass is 9.64. The van der Waals surface area contributed by atoms with Crippen molar-refractivity contribution in [3.63, 3.8) is 0 Å². The van der Waals surface area contributed by atoms with Gasteiger partial charge in [0, 0.05) is 22.9 Å². The highest BCUT2D eigenvalue weighted by atomic mass is 35.5. The van der Waals surface area contributed by atoms with Crippen LogP contribution in [0.15, 0.2) is 18.2 Å². The van der Waals surface area contributed by atoms with Gasteiger partial charge in [-0.3, -0.25) is 0 Å². The van der Waals surface area contributed by atoms with E-state index < -0.39 is 0 Å². The monoisotopic (exact) mass is 253 g/mol. The van der Waals surface area contributed by atoms with Crippen LogP contribution in [0, 0.1) is 12.3 Å². The lowest BCUT2D eigenvalue weighted by Crippen LogP contribution is -2.61. The number of rotatable bonds is 3. The Morgan fingerprint density at radius 3 is 2.71 bits per heavy atom. The highest BCUT2D eigenvalue weighted by molar-refractivity contribution is 6.30. The van der Waals surface area contributed by atoms with Gasteiger partial charge in [-0.2, -0.15) is 0 Å². The molecule has 0 amide bonds. The van der Waals surface area contributed by atoms with Crippen LogP contribution in [-0.4, -0.2) is 19.2 Å². The first-order chi connectivity index (χ1) is 7.95. The fraction of sp³-hybridized carbons (Fsp3) is 0.571. The summed E-state index contributed by atoms with van der Waals surface area (Å²) in [7, 11) is 2.01. The van der Waals surface area contributed by atoms with Crippen molar-refractivity contribution in [2.45, 2.75) is 39.3 Å². The minimum Gasteiger partial charge on any atom is -0.489 e. The SMILES string of the molecule is CNC1CC(Oc2cc(Cl)ccc2C)C1(C)C. The van der Waals surface area contributed by atoms with E-state index in [-0.39, 0.29) is 11.5 Å². The Bertz CT molecular complexity index is 417. The lowest BCUT2D eigenvalue weighted by Gasteiger charge is -2.51. The van der Waals surface area contributed by atoms with Crippen molar-refractivity contribution in [3.8, 4) is 5.75 Å². The molecule has 0 saturated heterocycles. The van der Waals surface area contributed by atoms with Gasteiger partial charge in [0.1, 0.15) is 11.9 Å². The molecule has 1 N–H and O–H groups in total. The van der Waals surface area contributed by atoms with E-state index in [0.29, 0.717) is 6.04 Å². The largest absolute Gasteiger partial charge is 0.489 e. The molecular formula is C14H20ClNO. The number of hydrogen-bond donors (Lipinski definition) is 1. The van der Waals surface area contributed by atoms with Crippen molar-refractivity contribution >= 4 is 11.6 Å². The van der Waals surface area contributed by atoms with Crippen LogP contribution >= 0.6 is 11.6 Å². The van der Waals surface area contributed by atoms with E-state index in [2.05, 4.69) is 19.2 Å². The van der Waals surface area contributed by atoms with Crippen molar-refractivity contribution in [1.82, 2.24) is 5.32 Å². The smallest absolute Gasteiger partial charge is 0.124 e. The molecule has 0 aliphatic heterocycles. The molecule has 1 fully saturated rings. The molecule has 2 atom stereocenters. The maximum atomic E-state index is 6.08. The van der Waals surface area contributed by atoms with Gasteiger partial charge in [-0.1, -0.05) is 31.5 Å². The van der Waals surface area contributed by atoms with Crippen LogP contribution in [0.1, 0.15) is 25.8 Å². The average molecular weight is 254 g/mol. The molecule has 2 nitrogen and oxygen atoms in total. The van der Waals surface area contributed by atoms with Gasteiger partial charge in [-0.25, -0.2) is 0 Å². The molecule has 0 radical (unpaired) electrons. The van der Waals surface area contributed by atoms with E-state index in [9.17, 15) is 0 Å². The van der Waals surface area contributed by atoms with Crippen LogP contribution in [0.3, 0.4) is 0 Å². The van der Waals surface area contributed by atoms with E-state index in [1.807, 2.05) is 32.2 Å². The number of ether oxygens (including phenoxy) is 1. The first kappa shape index (κ1) is 12.7. The number of benzene rings is 1. The van der Waals surface area contributed by atoms with E-state index in [1.54, 1.807) is 0 Å². The quantitative estimate of drug-likeness (QED) is 0.891. The molecule has 94 valence electrons. The highest BCUT2D eigenvalue weighted by Crippen LogP contribution is 2.43. The van der Waals surface area contributed by atoms with Gasteiger partial charge < -0.3 is 10.1 Å². The summed E-state index contributed by atoms with van der Waals surface area (Å²) in [6.45, 7) is 6.53. The van der Waals surface area contributed by atoms with E-state index in [0.717, 1.165) is 22.8 Å². The van der Waals surface area contributed by atoms with Gasteiger partial charge in [0.25, 0.3) is 0 Å². The third-order valence-electron chi connectivity index (χ3n) is 3.95. The topological polar surface area (TPSA) is 21.3 Å². The summed E-state index contributed by atoms with van der Waals surface area (Å²) in [6, 6.07) is 6.33. The second-order valence-corrected chi connectivity index (χ2v) is 5.85. The Labute approximate surface area is 108 Å². The van der Waals surface area contributed by atoms with Crippen LogP contribution in [0.5, 0.6) is 5.75 Å². The molecule has 1 aromatic carbocycles. The van der Waals surface area contributed by atoms with Crippen molar-refractivity contribution < 1.29 is 4.74 Å². The van der Waals surface area contributed by atoms with Crippen LogP contribution < -0.4 is 10.1 Å². The maximum Gasteiger partial charge on any atom is 0.124 e. The molecule has 2 unspecified atom stereocenters. The Kier molecular flexibility index (Phi) is 3.37. The van der Waals surface area contributed by atoms with E-state index in [1.165, 1.54) is 0 Å². The van der Waals surface area contributed by atoms with Gasteiger partial charge in [0.15, 0.2) is 0 Å². The van der Waals surface area contributed by atoms with Crippen LogP contribution in [-0.2, 0) is 0 Å². The fourth-order valence-electron chi connectivity index (χ4n) is 2.43. The Balaban J connectivity index is 2.10. The van der Waals surface area contributed by atoms with E-state index >= 15 is 0 Å². The van der Waals surface area contributed by atoms with Gasteiger partial charge in [0.05, 0.1) is 0 Å². The molecule has 3 heteroatoms. The second kappa shape index (κ2) is 4.51. The van der Waals surface area contributed by atoms with Gasteiger partial charge >= 0.3 is 0 Å². The molecule has 0 heterocycles. The van der Waals surface area contributed by atoms with Crippen LogP contribution in [0.4, 0.5) is 0 Å². The Morgan fingerprint density at radius 2 is 2.12 bits per heavy atom. The van der Waals surface area contributed by atoms with Crippen molar-refractivity contribution in [2.24, 2.45) is 5.41 Å². The number of aryl methyl sites for hydroxylation is 1. The third kappa shape index (κ3) is 2.29. The molecule has 1 aliphatic rings. The first-order valence-electron chi connectivity index (χ1n) is 6.05. The average Bonchev–Trinajstić information content (AvgIpc) is 2.28. The minimum absolute atomic E-state index is 0.170. The maximum absolute atomic E-state index is 6.08. The summed E-state index contributed by atoms with van der Waals surface area (Å²) in [5.74, 6) is 0.908. The van der Waals surface area contributed by atoms with Crippen molar-refractivity contribution in [2.75, 3.05) is 7.05 Å². The molecule has 0 bridgehead atoms. The summed E-state index contributed by atoms with van der Waals surface area (Å²) >= 11 is 6.00. The minimum atomic E-state index is 0.170. The van der Waals surface area contributed by atoms with Gasteiger partial charge in [-0.05, 0) is 31.7 Å². The zero-order valence-corrected chi connectivity index (χ0v) is 11.6. The van der Waals surface area contributed by atoms with Gasteiger partial charge in [0.2, 0.25) is 0 Å².